The van der Waals surface area contributed by atoms with E-state index < -0.39 is 6.10 Å². The van der Waals surface area contributed by atoms with E-state index in [-0.39, 0.29) is 11.9 Å². The Morgan fingerprint density at radius 2 is 2.32 bits per heavy atom. The Balaban J connectivity index is 2.11. The number of hydrogen-bond acceptors (Lipinski definition) is 3. The Bertz CT molecular complexity index is 459. The molecule has 1 aliphatic heterocycles. The van der Waals surface area contributed by atoms with E-state index in [1.807, 2.05) is 0 Å². The highest BCUT2D eigenvalue weighted by atomic mass is 35.5. The third-order valence-corrected chi connectivity index (χ3v) is 3.69. The summed E-state index contributed by atoms with van der Waals surface area (Å²) in [5, 5.41) is 16.8. The molecule has 1 heterocycles. The number of hydrogen-bond donors (Lipinski definition) is 3. The molecule has 2 rings (SSSR count). The summed E-state index contributed by atoms with van der Waals surface area (Å²) in [4.78, 5) is 11.0. The molecule has 1 saturated heterocycles. The molecule has 3 N–H and O–H groups in total. The first-order valence-corrected chi connectivity index (χ1v) is 6.94. The van der Waals surface area contributed by atoms with Crippen LogP contribution in [0.25, 0.3) is 0 Å². The first-order chi connectivity index (χ1) is 9.08. The number of carbonyl (C=O) groups excluding carboxylic acids is 1. The summed E-state index contributed by atoms with van der Waals surface area (Å²) in [6.07, 6.45) is 2.69. The Morgan fingerprint density at radius 3 is 2.89 bits per heavy atom. The number of aliphatic hydroxyl groups excluding tert-OH is 1. The molecule has 0 aromatic heterocycles. The van der Waals surface area contributed by atoms with Crippen LogP contribution in [0.3, 0.4) is 0 Å². The molecule has 2 unspecified atom stereocenters. The van der Waals surface area contributed by atoms with Crippen molar-refractivity contribution in [3.63, 3.8) is 0 Å². The number of anilines is 1. The van der Waals surface area contributed by atoms with E-state index >= 15 is 0 Å². The van der Waals surface area contributed by atoms with Gasteiger partial charge in [0.05, 0.1) is 16.8 Å². The third kappa shape index (κ3) is 3.69. The summed E-state index contributed by atoms with van der Waals surface area (Å²) < 4.78 is 0. The maximum atomic E-state index is 11.0. The van der Waals surface area contributed by atoms with E-state index in [1.54, 1.807) is 18.2 Å². The fourth-order valence-corrected chi connectivity index (χ4v) is 2.62. The second-order valence-electron chi connectivity index (χ2n) is 4.92. The highest BCUT2D eigenvalue weighted by Gasteiger charge is 2.23. The van der Waals surface area contributed by atoms with Gasteiger partial charge in [0.25, 0.3) is 0 Å². The molecule has 4 nitrogen and oxygen atoms in total. The average Bonchev–Trinajstić information content (AvgIpc) is 2.41. The fraction of sp³-hybridized carbons (Fsp3) is 0.500. The maximum absolute atomic E-state index is 11.0. The molecule has 19 heavy (non-hydrogen) atoms. The predicted octanol–water partition coefficient (Wildman–Crippen LogP) is 2.47. The average molecular weight is 283 g/mol. The summed E-state index contributed by atoms with van der Waals surface area (Å²) in [5.41, 5.74) is 1.35. The normalized spacial score (nSPS) is 20.9. The zero-order valence-electron chi connectivity index (χ0n) is 10.9. The number of halogens is 1. The van der Waals surface area contributed by atoms with Crippen LogP contribution in [0.15, 0.2) is 18.2 Å². The van der Waals surface area contributed by atoms with Gasteiger partial charge in [-0.3, -0.25) is 4.79 Å². The summed E-state index contributed by atoms with van der Waals surface area (Å²) in [6, 6.07) is 5.33. The molecule has 104 valence electrons. The van der Waals surface area contributed by atoms with E-state index in [1.165, 1.54) is 6.92 Å². The van der Waals surface area contributed by atoms with Gasteiger partial charge in [0.15, 0.2) is 0 Å². The van der Waals surface area contributed by atoms with Crippen molar-refractivity contribution < 1.29 is 9.90 Å². The van der Waals surface area contributed by atoms with Crippen LogP contribution in [0.2, 0.25) is 5.02 Å². The van der Waals surface area contributed by atoms with Crippen LogP contribution in [0.1, 0.15) is 37.9 Å². The molecule has 0 radical (unpaired) electrons. The highest BCUT2D eigenvalue weighted by Crippen LogP contribution is 2.29. The van der Waals surface area contributed by atoms with Crippen molar-refractivity contribution in [3.8, 4) is 0 Å². The van der Waals surface area contributed by atoms with E-state index in [4.69, 9.17) is 11.6 Å². The lowest BCUT2D eigenvalue weighted by atomic mass is 9.95. The minimum Gasteiger partial charge on any atom is -0.387 e. The van der Waals surface area contributed by atoms with Crippen molar-refractivity contribution in [2.75, 3.05) is 11.9 Å². The monoisotopic (exact) mass is 282 g/mol. The van der Waals surface area contributed by atoms with Crippen LogP contribution in [-0.4, -0.2) is 23.6 Å². The zero-order valence-corrected chi connectivity index (χ0v) is 11.7. The van der Waals surface area contributed by atoms with Crippen molar-refractivity contribution in [2.24, 2.45) is 0 Å². The van der Waals surface area contributed by atoms with Crippen LogP contribution < -0.4 is 10.6 Å². The number of aliphatic hydroxyl groups is 1. The van der Waals surface area contributed by atoms with Gasteiger partial charge in [-0.1, -0.05) is 24.1 Å². The molecule has 1 aliphatic rings. The Hall–Kier alpha value is -1.10. The van der Waals surface area contributed by atoms with Gasteiger partial charge in [-0.25, -0.2) is 0 Å². The largest absolute Gasteiger partial charge is 0.387 e. The van der Waals surface area contributed by atoms with Gasteiger partial charge < -0.3 is 15.7 Å². The first kappa shape index (κ1) is 14.3. The summed E-state index contributed by atoms with van der Waals surface area (Å²) >= 11 is 6.11. The van der Waals surface area contributed by atoms with E-state index in [0.29, 0.717) is 10.7 Å². The minimum atomic E-state index is -0.566. The van der Waals surface area contributed by atoms with Gasteiger partial charge >= 0.3 is 0 Å². The second-order valence-corrected chi connectivity index (χ2v) is 5.33. The standard InChI is InChI=1S/C14H19ClN2O2/c1-9(18)17-12-6-5-10(8-11(12)15)14(19)13-4-2-3-7-16-13/h5-6,8,13-14,16,19H,2-4,7H2,1H3,(H,17,18). The van der Waals surface area contributed by atoms with Crippen molar-refractivity contribution >= 4 is 23.2 Å². The van der Waals surface area contributed by atoms with Gasteiger partial charge in [-0.15, -0.1) is 0 Å². The number of piperidine rings is 1. The Morgan fingerprint density at radius 1 is 1.53 bits per heavy atom. The Labute approximate surface area is 118 Å². The third-order valence-electron chi connectivity index (χ3n) is 3.37. The smallest absolute Gasteiger partial charge is 0.221 e. The van der Waals surface area contributed by atoms with Crippen LogP contribution in [0, 0.1) is 0 Å². The molecule has 0 spiro atoms. The molecular formula is C14H19ClN2O2. The van der Waals surface area contributed by atoms with Gasteiger partial charge in [0, 0.05) is 13.0 Å². The lowest BCUT2D eigenvalue weighted by Crippen LogP contribution is -2.38. The molecule has 0 bridgehead atoms. The van der Waals surface area contributed by atoms with Crippen LogP contribution >= 0.6 is 11.6 Å². The van der Waals surface area contributed by atoms with Gasteiger partial charge in [-0.2, -0.15) is 0 Å². The van der Waals surface area contributed by atoms with E-state index in [0.717, 1.165) is 31.4 Å². The molecule has 0 aliphatic carbocycles. The van der Waals surface area contributed by atoms with Crippen molar-refractivity contribution in [1.29, 1.82) is 0 Å². The molecule has 2 atom stereocenters. The topological polar surface area (TPSA) is 61.4 Å². The number of nitrogens with one attached hydrogen (secondary N) is 2. The number of benzene rings is 1. The summed E-state index contributed by atoms with van der Waals surface area (Å²) in [7, 11) is 0. The zero-order chi connectivity index (χ0) is 13.8. The molecule has 1 fully saturated rings. The maximum Gasteiger partial charge on any atom is 0.221 e. The fourth-order valence-electron chi connectivity index (χ4n) is 2.39. The number of rotatable bonds is 3. The molecule has 1 amide bonds. The SMILES string of the molecule is CC(=O)Nc1ccc(C(O)C2CCCCN2)cc1Cl. The number of carbonyl (C=O) groups is 1. The molecular weight excluding hydrogens is 264 g/mol. The quantitative estimate of drug-likeness (QED) is 0.798. The first-order valence-electron chi connectivity index (χ1n) is 6.56. The summed E-state index contributed by atoms with van der Waals surface area (Å²) in [5.74, 6) is -0.163. The number of amides is 1. The van der Waals surface area contributed by atoms with Crippen molar-refractivity contribution in [1.82, 2.24) is 5.32 Å². The van der Waals surface area contributed by atoms with Crippen molar-refractivity contribution in [3.05, 3.63) is 28.8 Å². The molecule has 5 heteroatoms. The highest BCUT2D eigenvalue weighted by molar-refractivity contribution is 6.33. The van der Waals surface area contributed by atoms with E-state index in [9.17, 15) is 9.90 Å². The molecule has 1 aromatic carbocycles. The molecule has 0 saturated carbocycles. The van der Waals surface area contributed by atoms with Crippen molar-refractivity contribution in [2.45, 2.75) is 38.3 Å². The second kappa shape index (κ2) is 6.37. The predicted molar refractivity (Wildman–Crippen MR) is 76.4 cm³/mol. The Kier molecular flexibility index (Phi) is 4.80. The summed E-state index contributed by atoms with van der Waals surface area (Å²) in [6.45, 7) is 2.38. The van der Waals surface area contributed by atoms with Gasteiger partial charge in [0.1, 0.15) is 0 Å². The van der Waals surface area contributed by atoms with Gasteiger partial charge in [-0.05, 0) is 37.1 Å². The minimum absolute atomic E-state index is 0.0800. The van der Waals surface area contributed by atoms with Crippen LogP contribution in [-0.2, 0) is 4.79 Å². The lowest BCUT2D eigenvalue weighted by Gasteiger charge is -2.28. The van der Waals surface area contributed by atoms with E-state index in [2.05, 4.69) is 10.6 Å². The lowest BCUT2D eigenvalue weighted by molar-refractivity contribution is -0.114. The van der Waals surface area contributed by atoms with Crippen LogP contribution in [0.5, 0.6) is 0 Å². The van der Waals surface area contributed by atoms with Crippen LogP contribution in [0.4, 0.5) is 5.69 Å². The molecule has 1 aromatic rings. The van der Waals surface area contributed by atoms with Gasteiger partial charge in [0.2, 0.25) is 5.91 Å².